The second-order valence-corrected chi connectivity index (χ2v) is 4.90. The molecule has 0 unspecified atom stereocenters. The molecule has 0 saturated heterocycles. The highest BCUT2D eigenvalue weighted by molar-refractivity contribution is 5.43. The topological polar surface area (TPSA) is 59.2 Å². The Bertz CT molecular complexity index is 580. The lowest BCUT2D eigenvalue weighted by atomic mass is 10.1. The molecule has 0 fully saturated rings. The van der Waals surface area contributed by atoms with Gasteiger partial charge in [-0.3, -0.25) is 0 Å². The number of benzene rings is 1. The van der Waals surface area contributed by atoms with Gasteiger partial charge in [0.2, 0.25) is 0 Å². The smallest absolute Gasteiger partial charge is 0.161 e. The average molecular weight is 273 g/mol. The molecule has 0 radical (unpaired) electrons. The van der Waals surface area contributed by atoms with Crippen molar-refractivity contribution in [1.82, 2.24) is 15.3 Å². The Balaban J connectivity index is 1.48. The summed E-state index contributed by atoms with van der Waals surface area (Å²) in [6.07, 6.45) is 2.83. The van der Waals surface area contributed by atoms with Gasteiger partial charge in [-0.1, -0.05) is 6.07 Å². The van der Waals surface area contributed by atoms with Crippen molar-refractivity contribution >= 4 is 0 Å². The maximum atomic E-state index is 5.58. The number of hydrogen-bond acceptors (Lipinski definition) is 4. The number of H-pyrrole nitrogens is 1. The van der Waals surface area contributed by atoms with Crippen molar-refractivity contribution in [3.8, 4) is 11.5 Å². The molecule has 1 aliphatic heterocycles. The molecule has 1 aliphatic rings. The molecule has 106 valence electrons. The van der Waals surface area contributed by atoms with Gasteiger partial charge < -0.3 is 19.8 Å². The van der Waals surface area contributed by atoms with Crippen LogP contribution < -0.4 is 14.8 Å². The van der Waals surface area contributed by atoms with E-state index in [4.69, 9.17) is 9.47 Å². The van der Waals surface area contributed by atoms with E-state index in [2.05, 4.69) is 27.4 Å². The van der Waals surface area contributed by atoms with Gasteiger partial charge in [0.25, 0.3) is 0 Å². The summed E-state index contributed by atoms with van der Waals surface area (Å²) >= 11 is 0. The Labute approximate surface area is 118 Å². The van der Waals surface area contributed by atoms with Gasteiger partial charge in [-0.2, -0.15) is 0 Å². The lowest BCUT2D eigenvalue weighted by Gasteiger charge is -2.18. The molecule has 0 bridgehead atoms. The normalized spacial score (nSPS) is 13.4. The Morgan fingerprint density at radius 2 is 2.10 bits per heavy atom. The first kappa shape index (κ1) is 13.0. The van der Waals surface area contributed by atoms with E-state index in [9.17, 15) is 0 Å². The summed E-state index contributed by atoms with van der Waals surface area (Å²) < 4.78 is 11.1. The lowest BCUT2D eigenvalue weighted by molar-refractivity contribution is 0.171. The lowest BCUT2D eigenvalue weighted by Crippen LogP contribution is -2.18. The second kappa shape index (κ2) is 5.96. The Morgan fingerprint density at radius 3 is 2.90 bits per heavy atom. The molecule has 0 amide bonds. The van der Waals surface area contributed by atoms with Gasteiger partial charge >= 0.3 is 0 Å². The van der Waals surface area contributed by atoms with Crippen LogP contribution in [0, 0.1) is 6.92 Å². The van der Waals surface area contributed by atoms with E-state index in [1.165, 1.54) is 5.56 Å². The zero-order valence-electron chi connectivity index (χ0n) is 11.6. The number of rotatable bonds is 5. The van der Waals surface area contributed by atoms with E-state index >= 15 is 0 Å². The summed E-state index contributed by atoms with van der Waals surface area (Å²) in [6, 6.07) is 6.15. The number of imidazole rings is 1. The van der Waals surface area contributed by atoms with Crippen LogP contribution in [-0.2, 0) is 13.0 Å². The third-order valence-corrected chi connectivity index (χ3v) is 3.27. The van der Waals surface area contributed by atoms with Crippen molar-refractivity contribution in [3.63, 3.8) is 0 Å². The van der Waals surface area contributed by atoms with Crippen LogP contribution in [0.5, 0.6) is 11.5 Å². The number of ether oxygens (including phenoxy) is 2. The number of aryl methyl sites for hydroxylation is 1. The van der Waals surface area contributed by atoms with Gasteiger partial charge in [-0.25, -0.2) is 4.98 Å². The van der Waals surface area contributed by atoms with Crippen molar-refractivity contribution in [2.75, 3.05) is 19.8 Å². The molecule has 2 heterocycles. The Morgan fingerprint density at radius 1 is 1.25 bits per heavy atom. The number of hydrogen-bond donors (Lipinski definition) is 2. The van der Waals surface area contributed by atoms with Crippen LogP contribution in [0.1, 0.15) is 17.1 Å². The van der Waals surface area contributed by atoms with E-state index in [1.807, 2.05) is 19.2 Å². The molecule has 1 aromatic heterocycles. The molecule has 0 saturated carbocycles. The van der Waals surface area contributed by atoms with Crippen molar-refractivity contribution in [3.05, 3.63) is 41.5 Å². The molecule has 5 nitrogen and oxygen atoms in total. The summed E-state index contributed by atoms with van der Waals surface area (Å²) in [4.78, 5) is 7.38. The fraction of sp³-hybridized carbons (Fsp3) is 0.400. The first-order valence-electron chi connectivity index (χ1n) is 6.91. The van der Waals surface area contributed by atoms with Gasteiger partial charge in [0.15, 0.2) is 11.5 Å². The Hall–Kier alpha value is -2.01. The van der Waals surface area contributed by atoms with Crippen LogP contribution in [0.4, 0.5) is 0 Å². The average Bonchev–Trinajstić information content (AvgIpc) is 2.89. The fourth-order valence-electron chi connectivity index (χ4n) is 2.26. The summed E-state index contributed by atoms with van der Waals surface area (Å²) in [7, 11) is 0. The minimum atomic E-state index is 0.633. The highest BCUT2D eigenvalue weighted by atomic mass is 16.6. The quantitative estimate of drug-likeness (QED) is 0.816. The zero-order valence-corrected chi connectivity index (χ0v) is 11.6. The van der Waals surface area contributed by atoms with Crippen LogP contribution in [0.15, 0.2) is 24.4 Å². The van der Waals surface area contributed by atoms with Gasteiger partial charge in [0.05, 0.1) is 0 Å². The van der Waals surface area contributed by atoms with Crippen molar-refractivity contribution in [2.45, 2.75) is 19.9 Å². The number of aromatic amines is 1. The Kier molecular flexibility index (Phi) is 3.87. The monoisotopic (exact) mass is 273 g/mol. The first-order chi connectivity index (χ1) is 9.81. The first-order valence-corrected chi connectivity index (χ1v) is 6.91. The molecule has 0 atom stereocenters. The zero-order chi connectivity index (χ0) is 13.8. The standard InChI is InChI=1S/C15H19N3O2/c1-11-17-10-13(18-11)9-16-5-4-12-2-3-14-15(8-12)20-7-6-19-14/h2-3,8,10,16H,4-7,9H2,1H3,(H,17,18). The molecule has 2 aromatic rings. The van der Waals surface area contributed by atoms with Crippen LogP contribution >= 0.6 is 0 Å². The molecule has 3 rings (SSSR count). The van der Waals surface area contributed by atoms with E-state index < -0.39 is 0 Å². The van der Waals surface area contributed by atoms with E-state index in [0.29, 0.717) is 13.2 Å². The third-order valence-electron chi connectivity index (χ3n) is 3.27. The number of nitrogens with one attached hydrogen (secondary N) is 2. The van der Waals surface area contributed by atoms with Gasteiger partial charge in [-0.15, -0.1) is 0 Å². The number of fused-ring (bicyclic) bond motifs is 1. The minimum absolute atomic E-state index is 0.633. The second-order valence-electron chi connectivity index (χ2n) is 4.90. The summed E-state index contributed by atoms with van der Waals surface area (Å²) in [5, 5.41) is 3.40. The third kappa shape index (κ3) is 3.11. The van der Waals surface area contributed by atoms with Crippen molar-refractivity contribution < 1.29 is 9.47 Å². The van der Waals surface area contributed by atoms with Crippen LogP contribution in [0.3, 0.4) is 0 Å². The van der Waals surface area contributed by atoms with Crippen LogP contribution in [0.2, 0.25) is 0 Å². The highest BCUT2D eigenvalue weighted by Crippen LogP contribution is 2.30. The molecule has 0 aliphatic carbocycles. The minimum Gasteiger partial charge on any atom is -0.486 e. The number of aromatic nitrogens is 2. The molecular weight excluding hydrogens is 254 g/mol. The summed E-state index contributed by atoms with van der Waals surface area (Å²) in [5.41, 5.74) is 2.37. The SMILES string of the molecule is Cc1ncc(CNCCc2ccc3c(c2)OCCO3)[nH]1. The molecule has 0 spiro atoms. The molecule has 5 heteroatoms. The largest absolute Gasteiger partial charge is 0.486 e. The maximum Gasteiger partial charge on any atom is 0.161 e. The van der Waals surface area contributed by atoms with Gasteiger partial charge in [-0.05, 0) is 37.6 Å². The van der Waals surface area contributed by atoms with Crippen LogP contribution in [0.25, 0.3) is 0 Å². The molecule has 20 heavy (non-hydrogen) atoms. The summed E-state index contributed by atoms with van der Waals surface area (Å²) in [5.74, 6) is 2.66. The molecule has 2 N–H and O–H groups in total. The van der Waals surface area contributed by atoms with E-state index in [1.54, 1.807) is 0 Å². The van der Waals surface area contributed by atoms with Gasteiger partial charge in [0.1, 0.15) is 19.0 Å². The fourth-order valence-corrected chi connectivity index (χ4v) is 2.26. The predicted molar refractivity (Wildman–Crippen MR) is 76.2 cm³/mol. The number of nitrogens with zero attached hydrogens (tertiary/aromatic N) is 1. The molecular formula is C15H19N3O2. The van der Waals surface area contributed by atoms with E-state index in [0.717, 1.165) is 42.5 Å². The summed E-state index contributed by atoms with van der Waals surface area (Å²) in [6.45, 7) is 4.95. The highest BCUT2D eigenvalue weighted by Gasteiger charge is 2.11. The van der Waals surface area contributed by atoms with E-state index in [-0.39, 0.29) is 0 Å². The van der Waals surface area contributed by atoms with Crippen molar-refractivity contribution in [2.24, 2.45) is 0 Å². The van der Waals surface area contributed by atoms with Gasteiger partial charge in [0, 0.05) is 18.4 Å². The molecule has 1 aromatic carbocycles. The maximum absolute atomic E-state index is 5.58. The predicted octanol–water partition coefficient (Wildman–Crippen LogP) is 1.82. The van der Waals surface area contributed by atoms with Crippen LogP contribution in [-0.4, -0.2) is 29.7 Å². The van der Waals surface area contributed by atoms with Crippen molar-refractivity contribution in [1.29, 1.82) is 0 Å².